The summed E-state index contributed by atoms with van der Waals surface area (Å²) in [6.07, 6.45) is 0.586. The Morgan fingerprint density at radius 2 is 1.68 bits per heavy atom. The predicted octanol–water partition coefficient (Wildman–Crippen LogP) is 2.94. The number of hydrogen-bond donors (Lipinski definition) is 2. The monoisotopic (exact) mass is 349 g/mol. The highest BCUT2D eigenvalue weighted by molar-refractivity contribution is 5.91. The van der Waals surface area contributed by atoms with Gasteiger partial charge in [0.1, 0.15) is 5.60 Å². The highest BCUT2D eigenvalue weighted by Crippen LogP contribution is 2.16. The molecule has 138 valence electrons. The van der Waals surface area contributed by atoms with E-state index in [2.05, 4.69) is 5.32 Å². The zero-order valence-corrected chi connectivity index (χ0v) is 15.5. The molecule has 1 rings (SSSR count). The van der Waals surface area contributed by atoms with Crippen molar-refractivity contribution in [3.05, 3.63) is 35.4 Å². The number of carboxylic acid groups (broad SMARTS) is 1. The number of hydrogen-bond acceptors (Lipinski definition) is 4. The van der Waals surface area contributed by atoms with Gasteiger partial charge in [0, 0.05) is 12.0 Å². The number of benzene rings is 1. The number of carbonyl (C=O) groups excluding carboxylic acids is 2. The van der Waals surface area contributed by atoms with Crippen LogP contribution in [0.2, 0.25) is 0 Å². The van der Waals surface area contributed by atoms with Gasteiger partial charge in [-0.3, -0.25) is 9.59 Å². The minimum Gasteiger partial charge on any atom is -0.478 e. The number of rotatable bonds is 7. The predicted molar refractivity (Wildman–Crippen MR) is 94.4 cm³/mol. The molecule has 0 aromatic heterocycles. The van der Waals surface area contributed by atoms with Gasteiger partial charge in [-0.1, -0.05) is 18.2 Å². The van der Waals surface area contributed by atoms with E-state index in [1.54, 1.807) is 39.0 Å². The molecule has 0 saturated carbocycles. The van der Waals surface area contributed by atoms with Crippen molar-refractivity contribution >= 4 is 17.8 Å². The molecule has 0 fully saturated rings. The van der Waals surface area contributed by atoms with Gasteiger partial charge in [0.15, 0.2) is 0 Å². The fraction of sp³-hybridized carbons (Fsp3) is 0.526. The van der Waals surface area contributed by atoms with Crippen molar-refractivity contribution in [2.24, 2.45) is 0 Å². The smallest absolute Gasteiger partial charge is 0.335 e. The van der Waals surface area contributed by atoms with E-state index in [1.165, 1.54) is 6.07 Å². The number of nitrogens with one attached hydrogen (secondary N) is 1. The van der Waals surface area contributed by atoms with Crippen LogP contribution < -0.4 is 5.32 Å². The van der Waals surface area contributed by atoms with E-state index < -0.39 is 17.1 Å². The minimum absolute atomic E-state index is 0.0294. The van der Waals surface area contributed by atoms with Gasteiger partial charge < -0.3 is 15.2 Å². The number of carboxylic acids is 1. The van der Waals surface area contributed by atoms with Crippen LogP contribution in [0.1, 0.15) is 63.4 Å². The van der Waals surface area contributed by atoms with Crippen LogP contribution in [0.15, 0.2) is 24.3 Å². The molecule has 2 N–H and O–H groups in total. The molecule has 0 bridgehead atoms. The van der Waals surface area contributed by atoms with Crippen LogP contribution in [0.5, 0.6) is 0 Å². The Balaban J connectivity index is 2.61. The van der Waals surface area contributed by atoms with Gasteiger partial charge in [0.2, 0.25) is 5.91 Å². The third-order valence-electron chi connectivity index (χ3n) is 3.45. The van der Waals surface area contributed by atoms with E-state index in [0.29, 0.717) is 12.0 Å². The number of ether oxygens (including phenoxy) is 1. The van der Waals surface area contributed by atoms with Gasteiger partial charge in [0.25, 0.3) is 0 Å². The normalized spacial score (nSPS) is 11.7. The van der Waals surface area contributed by atoms with Crippen LogP contribution in [0, 0.1) is 0 Å². The lowest BCUT2D eigenvalue weighted by Gasteiger charge is -2.27. The average molecular weight is 349 g/mol. The standard InChI is InChI=1S/C19H27NO5/c1-18(2,3)25-16(22)10-11-19(4,5)20-15(21)12-13-8-6-7-9-14(13)17(23)24/h6-9H,10-12H2,1-5H3,(H,20,21)(H,23,24). The summed E-state index contributed by atoms with van der Waals surface area (Å²) in [6, 6.07) is 6.41. The van der Waals surface area contributed by atoms with E-state index in [9.17, 15) is 14.4 Å². The third-order valence-corrected chi connectivity index (χ3v) is 3.45. The van der Waals surface area contributed by atoms with Gasteiger partial charge >= 0.3 is 11.9 Å². The molecule has 0 spiro atoms. The van der Waals surface area contributed by atoms with Gasteiger partial charge in [-0.15, -0.1) is 0 Å². The SMILES string of the molecule is CC(C)(CCC(=O)OC(C)(C)C)NC(=O)Cc1ccccc1C(=O)O. The van der Waals surface area contributed by atoms with Crippen LogP contribution in [0.25, 0.3) is 0 Å². The Bertz CT molecular complexity index is 643. The summed E-state index contributed by atoms with van der Waals surface area (Å²) < 4.78 is 5.26. The number of carbonyl (C=O) groups is 3. The van der Waals surface area contributed by atoms with E-state index in [4.69, 9.17) is 9.84 Å². The first-order chi connectivity index (χ1) is 11.4. The van der Waals surface area contributed by atoms with E-state index >= 15 is 0 Å². The summed E-state index contributed by atoms with van der Waals surface area (Å²) in [7, 11) is 0. The zero-order valence-electron chi connectivity index (χ0n) is 15.5. The number of esters is 1. The number of aromatic carboxylic acids is 1. The molecule has 25 heavy (non-hydrogen) atoms. The van der Waals surface area contributed by atoms with Gasteiger partial charge in [-0.05, 0) is 52.7 Å². The Kier molecular flexibility index (Phi) is 6.73. The molecule has 0 unspecified atom stereocenters. The molecule has 1 aromatic rings. The van der Waals surface area contributed by atoms with Crippen LogP contribution in [0.3, 0.4) is 0 Å². The summed E-state index contributed by atoms with van der Waals surface area (Å²) in [6.45, 7) is 9.05. The summed E-state index contributed by atoms with van der Waals surface area (Å²) in [5.41, 5.74) is -0.573. The average Bonchev–Trinajstić information content (AvgIpc) is 2.43. The fourth-order valence-corrected chi connectivity index (χ4v) is 2.35. The molecule has 0 aliphatic rings. The van der Waals surface area contributed by atoms with Crippen molar-refractivity contribution in [1.82, 2.24) is 5.32 Å². The lowest BCUT2D eigenvalue weighted by Crippen LogP contribution is -2.44. The van der Waals surface area contributed by atoms with Crippen LogP contribution in [-0.4, -0.2) is 34.1 Å². The Morgan fingerprint density at radius 3 is 2.24 bits per heavy atom. The van der Waals surface area contributed by atoms with Crippen molar-refractivity contribution < 1.29 is 24.2 Å². The Hall–Kier alpha value is -2.37. The van der Waals surface area contributed by atoms with E-state index in [-0.39, 0.29) is 30.3 Å². The van der Waals surface area contributed by atoms with Crippen LogP contribution in [0.4, 0.5) is 0 Å². The molecule has 1 aromatic carbocycles. The van der Waals surface area contributed by atoms with Crippen molar-refractivity contribution in [2.75, 3.05) is 0 Å². The second-order valence-corrected chi connectivity index (χ2v) is 7.66. The van der Waals surface area contributed by atoms with Gasteiger partial charge in [-0.25, -0.2) is 4.79 Å². The molecule has 0 aliphatic carbocycles. The molecule has 0 atom stereocenters. The maximum Gasteiger partial charge on any atom is 0.335 e. The number of amides is 1. The highest BCUT2D eigenvalue weighted by atomic mass is 16.6. The maximum atomic E-state index is 12.3. The molecule has 6 heteroatoms. The second-order valence-electron chi connectivity index (χ2n) is 7.66. The largest absolute Gasteiger partial charge is 0.478 e. The molecular weight excluding hydrogens is 322 g/mol. The zero-order chi connectivity index (χ0) is 19.3. The Morgan fingerprint density at radius 1 is 1.08 bits per heavy atom. The Labute approximate surface area is 148 Å². The summed E-state index contributed by atoms with van der Waals surface area (Å²) in [5, 5.41) is 12.0. The first-order valence-electron chi connectivity index (χ1n) is 8.24. The summed E-state index contributed by atoms with van der Waals surface area (Å²) in [5.74, 6) is -1.67. The molecule has 6 nitrogen and oxygen atoms in total. The third kappa shape index (κ3) is 7.83. The first kappa shape index (κ1) is 20.7. The quantitative estimate of drug-likeness (QED) is 0.738. The fourth-order valence-electron chi connectivity index (χ4n) is 2.35. The van der Waals surface area contributed by atoms with Crippen molar-refractivity contribution in [2.45, 2.75) is 65.0 Å². The van der Waals surface area contributed by atoms with Crippen molar-refractivity contribution in [3.8, 4) is 0 Å². The van der Waals surface area contributed by atoms with Crippen LogP contribution in [-0.2, 0) is 20.7 Å². The maximum absolute atomic E-state index is 12.3. The first-order valence-corrected chi connectivity index (χ1v) is 8.24. The highest BCUT2D eigenvalue weighted by Gasteiger charge is 2.24. The van der Waals surface area contributed by atoms with Gasteiger partial charge in [0.05, 0.1) is 12.0 Å². The molecule has 0 heterocycles. The lowest BCUT2D eigenvalue weighted by molar-refractivity contribution is -0.155. The molecule has 1 amide bonds. The van der Waals surface area contributed by atoms with Crippen LogP contribution >= 0.6 is 0 Å². The van der Waals surface area contributed by atoms with Crippen molar-refractivity contribution in [3.63, 3.8) is 0 Å². The molecule has 0 aliphatic heterocycles. The molecular formula is C19H27NO5. The lowest BCUT2D eigenvalue weighted by atomic mass is 9.97. The summed E-state index contributed by atoms with van der Waals surface area (Å²) in [4.78, 5) is 35.3. The van der Waals surface area contributed by atoms with E-state index in [0.717, 1.165) is 0 Å². The van der Waals surface area contributed by atoms with Crippen molar-refractivity contribution in [1.29, 1.82) is 0 Å². The second kappa shape index (κ2) is 8.14. The minimum atomic E-state index is -1.06. The molecule has 0 saturated heterocycles. The van der Waals surface area contributed by atoms with E-state index in [1.807, 2.05) is 13.8 Å². The molecule has 0 radical (unpaired) electrons. The summed E-state index contributed by atoms with van der Waals surface area (Å²) >= 11 is 0. The topological polar surface area (TPSA) is 92.7 Å². The van der Waals surface area contributed by atoms with Gasteiger partial charge in [-0.2, -0.15) is 0 Å².